The molecule has 2 aromatic rings. The molecule has 0 N–H and O–H groups in total. The molecule has 0 amide bonds. The summed E-state index contributed by atoms with van der Waals surface area (Å²) in [4.78, 5) is 3.99. The van der Waals surface area contributed by atoms with Crippen molar-refractivity contribution in [1.29, 1.82) is 0 Å². The number of benzene rings is 1. The Morgan fingerprint density at radius 3 is 2.67 bits per heavy atom. The number of ether oxygens (including phenoxy) is 1. The summed E-state index contributed by atoms with van der Waals surface area (Å²) in [5.41, 5.74) is 3.08. The molecule has 1 heterocycles. The van der Waals surface area contributed by atoms with Gasteiger partial charge >= 0.3 is 0 Å². The van der Waals surface area contributed by atoms with Gasteiger partial charge in [0.05, 0.1) is 5.02 Å². The minimum Gasteiger partial charge on any atom is -0.489 e. The first-order valence-corrected chi connectivity index (χ1v) is 6.32. The SMILES string of the molecule is Cc1ccc(C)c(OCc2cnc(Cl)cc2Cl)c1. The molecule has 4 heteroatoms. The number of aryl methyl sites for hydroxylation is 2. The third kappa shape index (κ3) is 3.15. The van der Waals surface area contributed by atoms with Crippen LogP contribution in [0.3, 0.4) is 0 Å². The smallest absolute Gasteiger partial charge is 0.130 e. The minimum atomic E-state index is 0.382. The Morgan fingerprint density at radius 2 is 1.94 bits per heavy atom. The third-order valence-corrected chi connectivity index (χ3v) is 3.18. The second-order valence-corrected chi connectivity index (χ2v) is 4.95. The predicted octanol–water partition coefficient (Wildman–Crippen LogP) is 4.58. The Hall–Kier alpha value is -1.25. The molecule has 2 rings (SSSR count). The van der Waals surface area contributed by atoms with Gasteiger partial charge in [0.1, 0.15) is 17.5 Å². The highest BCUT2D eigenvalue weighted by Crippen LogP contribution is 2.23. The molecular weight excluding hydrogens is 269 g/mol. The molecule has 0 aliphatic heterocycles. The first kappa shape index (κ1) is 13.2. The molecule has 1 aromatic heterocycles. The summed E-state index contributed by atoms with van der Waals surface area (Å²) < 4.78 is 5.76. The van der Waals surface area contributed by atoms with Crippen LogP contribution in [-0.2, 0) is 6.61 Å². The maximum absolute atomic E-state index is 6.06. The lowest BCUT2D eigenvalue weighted by atomic mass is 10.1. The van der Waals surface area contributed by atoms with Crippen molar-refractivity contribution >= 4 is 23.2 Å². The highest BCUT2D eigenvalue weighted by molar-refractivity contribution is 6.34. The second-order valence-electron chi connectivity index (χ2n) is 4.16. The van der Waals surface area contributed by atoms with E-state index in [1.54, 1.807) is 12.3 Å². The van der Waals surface area contributed by atoms with Gasteiger partial charge in [-0.2, -0.15) is 0 Å². The van der Waals surface area contributed by atoms with Gasteiger partial charge in [0.25, 0.3) is 0 Å². The number of rotatable bonds is 3. The van der Waals surface area contributed by atoms with Crippen LogP contribution < -0.4 is 4.74 Å². The highest BCUT2D eigenvalue weighted by atomic mass is 35.5. The van der Waals surface area contributed by atoms with Crippen LogP contribution in [0.5, 0.6) is 5.75 Å². The van der Waals surface area contributed by atoms with E-state index >= 15 is 0 Å². The van der Waals surface area contributed by atoms with Crippen molar-refractivity contribution in [3.63, 3.8) is 0 Å². The second kappa shape index (κ2) is 5.59. The summed E-state index contributed by atoms with van der Waals surface area (Å²) in [6.07, 6.45) is 1.63. The molecule has 18 heavy (non-hydrogen) atoms. The Kier molecular flexibility index (Phi) is 4.10. The zero-order chi connectivity index (χ0) is 13.1. The van der Waals surface area contributed by atoms with Crippen LogP contribution in [0.15, 0.2) is 30.5 Å². The molecule has 0 bridgehead atoms. The van der Waals surface area contributed by atoms with E-state index in [2.05, 4.69) is 11.1 Å². The van der Waals surface area contributed by atoms with E-state index in [1.807, 2.05) is 26.0 Å². The van der Waals surface area contributed by atoms with Crippen LogP contribution in [0.1, 0.15) is 16.7 Å². The molecule has 2 nitrogen and oxygen atoms in total. The predicted molar refractivity (Wildman–Crippen MR) is 74.5 cm³/mol. The molecule has 0 radical (unpaired) electrons. The van der Waals surface area contributed by atoms with Gasteiger partial charge in [0.2, 0.25) is 0 Å². The largest absolute Gasteiger partial charge is 0.489 e. The van der Waals surface area contributed by atoms with E-state index in [4.69, 9.17) is 27.9 Å². The third-order valence-electron chi connectivity index (χ3n) is 2.62. The van der Waals surface area contributed by atoms with Crippen molar-refractivity contribution in [2.45, 2.75) is 20.5 Å². The number of hydrogen-bond acceptors (Lipinski definition) is 2. The van der Waals surface area contributed by atoms with E-state index < -0.39 is 0 Å². The van der Waals surface area contributed by atoms with Crippen LogP contribution in [-0.4, -0.2) is 4.98 Å². The maximum Gasteiger partial charge on any atom is 0.130 e. The van der Waals surface area contributed by atoms with Gasteiger partial charge in [-0.1, -0.05) is 35.3 Å². The van der Waals surface area contributed by atoms with Crippen LogP contribution in [0, 0.1) is 13.8 Å². The summed E-state index contributed by atoms with van der Waals surface area (Å²) in [7, 11) is 0. The minimum absolute atomic E-state index is 0.382. The molecule has 0 aliphatic rings. The molecule has 0 aliphatic carbocycles. The Morgan fingerprint density at radius 1 is 1.17 bits per heavy atom. The van der Waals surface area contributed by atoms with Gasteiger partial charge in [-0.15, -0.1) is 0 Å². The van der Waals surface area contributed by atoms with Crippen molar-refractivity contribution < 1.29 is 4.74 Å². The molecule has 0 atom stereocenters. The van der Waals surface area contributed by atoms with Crippen molar-refractivity contribution in [2.24, 2.45) is 0 Å². The van der Waals surface area contributed by atoms with Crippen LogP contribution in [0.25, 0.3) is 0 Å². The number of aromatic nitrogens is 1. The van der Waals surface area contributed by atoms with Crippen molar-refractivity contribution in [3.05, 3.63) is 57.3 Å². The van der Waals surface area contributed by atoms with Crippen molar-refractivity contribution in [1.82, 2.24) is 4.98 Å². The van der Waals surface area contributed by atoms with Gasteiger partial charge < -0.3 is 4.74 Å². The molecule has 0 spiro atoms. The fourth-order valence-corrected chi connectivity index (χ4v) is 1.98. The molecule has 0 saturated carbocycles. The number of hydrogen-bond donors (Lipinski definition) is 0. The summed E-state index contributed by atoms with van der Waals surface area (Å²) in [5, 5.41) is 0.954. The van der Waals surface area contributed by atoms with E-state index in [9.17, 15) is 0 Å². The standard InChI is InChI=1S/C14H13Cl2NO/c1-9-3-4-10(2)13(5-9)18-8-11-7-17-14(16)6-12(11)15/h3-7H,8H2,1-2H3. The van der Waals surface area contributed by atoms with E-state index in [0.29, 0.717) is 16.8 Å². The van der Waals surface area contributed by atoms with E-state index in [1.165, 1.54) is 0 Å². The fraction of sp³-hybridized carbons (Fsp3) is 0.214. The van der Waals surface area contributed by atoms with Crippen LogP contribution in [0.2, 0.25) is 10.2 Å². The quantitative estimate of drug-likeness (QED) is 0.768. The van der Waals surface area contributed by atoms with Crippen molar-refractivity contribution in [2.75, 3.05) is 0 Å². The Balaban J connectivity index is 2.13. The van der Waals surface area contributed by atoms with Gasteiger partial charge in [-0.25, -0.2) is 4.98 Å². The number of nitrogens with zero attached hydrogens (tertiary/aromatic N) is 1. The first-order chi connectivity index (χ1) is 8.56. The lowest BCUT2D eigenvalue weighted by Crippen LogP contribution is -1.99. The van der Waals surface area contributed by atoms with Crippen LogP contribution in [0.4, 0.5) is 0 Å². The molecule has 0 unspecified atom stereocenters. The highest BCUT2D eigenvalue weighted by Gasteiger charge is 2.05. The van der Waals surface area contributed by atoms with Gasteiger partial charge in [-0.3, -0.25) is 0 Å². The monoisotopic (exact) mass is 281 g/mol. The summed E-state index contributed by atoms with van der Waals surface area (Å²) in [5.74, 6) is 0.862. The zero-order valence-electron chi connectivity index (χ0n) is 10.2. The molecular formula is C14H13Cl2NO. The fourth-order valence-electron chi connectivity index (χ4n) is 1.56. The van der Waals surface area contributed by atoms with Crippen molar-refractivity contribution in [3.8, 4) is 5.75 Å². The molecule has 0 saturated heterocycles. The number of halogens is 2. The average molecular weight is 282 g/mol. The lowest BCUT2D eigenvalue weighted by Gasteiger charge is -2.10. The Labute approximate surface area is 117 Å². The van der Waals surface area contributed by atoms with E-state index in [0.717, 1.165) is 22.4 Å². The maximum atomic E-state index is 6.06. The molecule has 1 aromatic carbocycles. The first-order valence-electron chi connectivity index (χ1n) is 5.56. The van der Waals surface area contributed by atoms with Gasteiger partial charge in [0, 0.05) is 11.8 Å². The normalized spacial score (nSPS) is 10.4. The summed E-state index contributed by atoms with van der Waals surface area (Å²) >= 11 is 11.8. The number of pyridine rings is 1. The Bertz CT molecular complexity index is 570. The van der Waals surface area contributed by atoms with E-state index in [-0.39, 0.29) is 0 Å². The van der Waals surface area contributed by atoms with Crippen LogP contribution >= 0.6 is 23.2 Å². The average Bonchev–Trinajstić information content (AvgIpc) is 2.32. The molecule has 94 valence electrons. The zero-order valence-corrected chi connectivity index (χ0v) is 11.7. The lowest BCUT2D eigenvalue weighted by molar-refractivity contribution is 0.303. The summed E-state index contributed by atoms with van der Waals surface area (Å²) in [6, 6.07) is 7.71. The molecule has 0 fully saturated rings. The summed E-state index contributed by atoms with van der Waals surface area (Å²) in [6.45, 7) is 4.42. The van der Waals surface area contributed by atoms with Gasteiger partial charge in [-0.05, 0) is 37.1 Å². The van der Waals surface area contributed by atoms with Gasteiger partial charge in [0.15, 0.2) is 0 Å². The topological polar surface area (TPSA) is 22.1 Å².